The highest BCUT2D eigenvalue weighted by molar-refractivity contribution is 5.56. The fourth-order valence-corrected chi connectivity index (χ4v) is 3.09. The summed E-state index contributed by atoms with van der Waals surface area (Å²) in [7, 11) is 0. The summed E-state index contributed by atoms with van der Waals surface area (Å²) in [5, 5.41) is 29.5. The standard InChI is InChI=1S/C21H25N7O3/c1-13(2)16-10-24-28-19(16)26-20(25-15(11-29)12-30)27-21(28)23-9-14-5-6-17(22-8-14)18-4-3-7-31-18/h3-8,10,13,15,29-30H,9,11-12H2,1-2H3,(H2,23,25,26,27). The summed E-state index contributed by atoms with van der Waals surface area (Å²) in [5.74, 6) is 1.73. The molecule has 0 saturated carbocycles. The number of aliphatic hydroxyl groups is 2. The lowest BCUT2D eigenvalue weighted by molar-refractivity contribution is 0.203. The molecule has 4 rings (SSSR count). The maximum Gasteiger partial charge on any atom is 0.229 e. The number of anilines is 2. The van der Waals surface area contributed by atoms with Gasteiger partial charge in [-0.3, -0.25) is 4.98 Å². The van der Waals surface area contributed by atoms with Gasteiger partial charge in [0.15, 0.2) is 11.4 Å². The zero-order chi connectivity index (χ0) is 21.8. The van der Waals surface area contributed by atoms with Crippen LogP contribution < -0.4 is 10.6 Å². The Morgan fingerprint density at radius 1 is 1.10 bits per heavy atom. The fraction of sp³-hybridized carbons (Fsp3) is 0.333. The van der Waals surface area contributed by atoms with E-state index in [1.807, 2.05) is 24.3 Å². The van der Waals surface area contributed by atoms with Crippen LogP contribution in [0, 0.1) is 0 Å². The average Bonchev–Trinajstić information content (AvgIpc) is 3.46. The number of fused-ring (bicyclic) bond motifs is 1. The Morgan fingerprint density at radius 2 is 1.94 bits per heavy atom. The Hall–Kier alpha value is -3.50. The van der Waals surface area contributed by atoms with Crippen molar-refractivity contribution >= 4 is 17.5 Å². The number of rotatable bonds is 9. The smallest absolute Gasteiger partial charge is 0.229 e. The zero-order valence-electron chi connectivity index (χ0n) is 17.4. The van der Waals surface area contributed by atoms with Crippen molar-refractivity contribution in [3.05, 3.63) is 54.0 Å². The maximum atomic E-state index is 9.39. The first-order chi connectivity index (χ1) is 15.1. The molecule has 0 aliphatic rings. The molecular weight excluding hydrogens is 398 g/mol. The van der Waals surface area contributed by atoms with Crippen molar-refractivity contribution < 1.29 is 14.6 Å². The number of aliphatic hydroxyl groups excluding tert-OH is 2. The van der Waals surface area contributed by atoms with E-state index >= 15 is 0 Å². The summed E-state index contributed by atoms with van der Waals surface area (Å²) in [6.45, 7) is 4.12. The van der Waals surface area contributed by atoms with E-state index in [1.54, 1.807) is 23.2 Å². The summed E-state index contributed by atoms with van der Waals surface area (Å²) < 4.78 is 7.02. The van der Waals surface area contributed by atoms with Gasteiger partial charge >= 0.3 is 0 Å². The van der Waals surface area contributed by atoms with Gasteiger partial charge in [-0.05, 0) is 29.7 Å². The molecule has 10 nitrogen and oxygen atoms in total. The number of pyridine rings is 1. The van der Waals surface area contributed by atoms with Gasteiger partial charge in [0.2, 0.25) is 11.9 Å². The van der Waals surface area contributed by atoms with Crippen molar-refractivity contribution in [2.45, 2.75) is 32.4 Å². The molecule has 10 heteroatoms. The third-order valence-corrected chi connectivity index (χ3v) is 4.84. The van der Waals surface area contributed by atoms with Crippen LogP contribution in [0.3, 0.4) is 0 Å². The molecule has 0 saturated heterocycles. The molecule has 4 heterocycles. The van der Waals surface area contributed by atoms with Gasteiger partial charge in [0.25, 0.3) is 0 Å². The van der Waals surface area contributed by atoms with Gasteiger partial charge in [-0.15, -0.1) is 0 Å². The van der Waals surface area contributed by atoms with E-state index in [-0.39, 0.29) is 19.1 Å². The maximum absolute atomic E-state index is 9.39. The Morgan fingerprint density at radius 3 is 2.58 bits per heavy atom. The van der Waals surface area contributed by atoms with Gasteiger partial charge < -0.3 is 25.3 Å². The highest BCUT2D eigenvalue weighted by atomic mass is 16.3. The van der Waals surface area contributed by atoms with Crippen LogP contribution >= 0.6 is 0 Å². The van der Waals surface area contributed by atoms with Crippen LogP contribution in [-0.4, -0.2) is 54.0 Å². The average molecular weight is 423 g/mol. The first kappa shape index (κ1) is 20.8. The minimum Gasteiger partial charge on any atom is -0.463 e. The molecule has 0 unspecified atom stereocenters. The molecule has 4 aromatic rings. The predicted molar refractivity (Wildman–Crippen MR) is 116 cm³/mol. The highest BCUT2D eigenvalue weighted by Gasteiger charge is 2.17. The molecule has 0 radical (unpaired) electrons. The highest BCUT2D eigenvalue weighted by Crippen LogP contribution is 2.23. The lowest BCUT2D eigenvalue weighted by Crippen LogP contribution is -2.29. The van der Waals surface area contributed by atoms with E-state index in [1.165, 1.54) is 0 Å². The van der Waals surface area contributed by atoms with Crippen LogP contribution in [0.5, 0.6) is 0 Å². The van der Waals surface area contributed by atoms with E-state index in [9.17, 15) is 10.2 Å². The third-order valence-electron chi connectivity index (χ3n) is 4.84. The largest absolute Gasteiger partial charge is 0.463 e. The Bertz CT molecular complexity index is 1120. The number of hydrogen-bond donors (Lipinski definition) is 4. The molecule has 0 amide bonds. The Balaban J connectivity index is 1.59. The van der Waals surface area contributed by atoms with Gasteiger partial charge in [0, 0.05) is 18.3 Å². The number of aromatic nitrogens is 5. The molecule has 0 aliphatic heterocycles. The molecule has 0 bridgehead atoms. The number of hydrogen-bond acceptors (Lipinski definition) is 9. The molecule has 0 spiro atoms. The van der Waals surface area contributed by atoms with E-state index in [2.05, 4.69) is 44.5 Å². The van der Waals surface area contributed by atoms with Gasteiger partial charge in [-0.25, -0.2) is 0 Å². The third kappa shape index (κ3) is 4.49. The van der Waals surface area contributed by atoms with Crippen molar-refractivity contribution in [3.8, 4) is 11.5 Å². The van der Waals surface area contributed by atoms with Gasteiger partial charge in [-0.1, -0.05) is 19.9 Å². The van der Waals surface area contributed by atoms with Crippen molar-refractivity contribution in [2.24, 2.45) is 0 Å². The molecule has 4 N–H and O–H groups in total. The minimum atomic E-state index is -0.556. The number of nitrogens with zero attached hydrogens (tertiary/aromatic N) is 5. The van der Waals surface area contributed by atoms with Crippen LogP contribution in [0.1, 0.15) is 30.9 Å². The van der Waals surface area contributed by atoms with Crippen molar-refractivity contribution in [1.29, 1.82) is 0 Å². The van der Waals surface area contributed by atoms with Gasteiger partial charge in [0.1, 0.15) is 5.69 Å². The lowest BCUT2D eigenvalue weighted by atomic mass is 10.1. The molecule has 4 aromatic heterocycles. The first-order valence-electron chi connectivity index (χ1n) is 10.1. The SMILES string of the molecule is CC(C)c1cnn2c(NCc3ccc(-c4ccco4)nc3)nc(NC(CO)CO)nc12. The molecule has 162 valence electrons. The second kappa shape index (κ2) is 9.11. The second-order valence-electron chi connectivity index (χ2n) is 7.45. The van der Waals surface area contributed by atoms with Crippen LogP contribution in [0.25, 0.3) is 17.1 Å². The van der Waals surface area contributed by atoms with Crippen molar-refractivity contribution in [3.63, 3.8) is 0 Å². The second-order valence-corrected chi connectivity index (χ2v) is 7.45. The summed E-state index contributed by atoms with van der Waals surface area (Å²) in [5.41, 5.74) is 3.35. The number of furan rings is 1. The zero-order valence-corrected chi connectivity index (χ0v) is 17.4. The van der Waals surface area contributed by atoms with Gasteiger partial charge in [0.05, 0.1) is 31.7 Å². The predicted octanol–water partition coefficient (Wildman–Crippen LogP) is 2.28. The summed E-state index contributed by atoms with van der Waals surface area (Å²) in [6, 6.07) is 7.00. The lowest BCUT2D eigenvalue weighted by Gasteiger charge is -2.15. The molecule has 0 atom stereocenters. The number of nitrogens with one attached hydrogen (secondary N) is 2. The summed E-state index contributed by atoms with van der Waals surface area (Å²) >= 11 is 0. The monoisotopic (exact) mass is 423 g/mol. The van der Waals surface area contributed by atoms with Gasteiger partial charge in [-0.2, -0.15) is 19.6 Å². The molecule has 0 aromatic carbocycles. The first-order valence-corrected chi connectivity index (χ1v) is 10.1. The van der Waals surface area contributed by atoms with E-state index in [0.29, 0.717) is 29.8 Å². The van der Waals surface area contributed by atoms with Crippen molar-refractivity contribution in [1.82, 2.24) is 24.6 Å². The van der Waals surface area contributed by atoms with Crippen LogP contribution in [0.2, 0.25) is 0 Å². The van der Waals surface area contributed by atoms with Crippen LogP contribution in [0.4, 0.5) is 11.9 Å². The molecule has 31 heavy (non-hydrogen) atoms. The normalized spacial score (nSPS) is 11.5. The topological polar surface area (TPSA) is 134 Å². The Labute approximate surface area is 179 Å². The van der Waals surface area contributed by atoms with E-state index in [4.69, 9.17) is 4.42 Å². The summed E-state index contributed by atoms with van der Waals surface area (Å²) in [4.78, 5) is 13.5. The Kier molecular flexibility index (Phi) is 6.10. The summed E-state index contributed by atoms with van der Waals surface area (Å²) in [6.07, 6.45) is 5.17. The van der Waals surface area contributed by atoms with E-state index < -0.39 is 6.04 Å². The molecular formula is C21H25N7O3. The van der Waals surface area contributed by atoms with E-state index in [0.717, 1.165) is 16.8 Å². The van der Waals surface area contributed by atoms with Crippen molar-refractivity contribution in [2.75, 3.05) is 23.8 Å². The van der Waals surface area contributed by atoms with Crippen LogP contribution in [0.15, 0.2) is 47.3 Å². The fourth-order valence-electron chi connectivity index (χ4n) is 3.09. The molecule has 0 fully saturated rings. The minimum absolute atomic E-state index is 0.220. The molecule has 0 aliphatic carbocycles. The van der Waals surface area contributed by atoms with Crippen LogP contribution in [-0.2, 0) is 6.54 Å². The quantitative estimate of drug-likeness (QED) is 0.320.